The molecular weight excluding hydrogens is 410 g/mol. The van der Waals surface area contributed by atoms with Gasteiger partial charge in [-0.15, -0.1) is 0 Å². The molecule has 1 fully saturated rings. The highest BCUT2D eigenvalue weighted by Crippen LogP contribution is 2.38. The number of halogens is 6. The van der Waals surface area contributed by atoms with Gasteiger partial charge in [-0.05, 0) is 56.0 Å². The van der Waals surface area contributed by atoms with Gasteiger partial charge in [0.05, 0.1) is 11.1 Å². The number of likely N-dealkylation sites (tertiary alicyclic amines) is 1. The molecule has 9 heteroatoms. The van der Waals surface area contributed by atoms with E-state index in [1.54, 1.807) is 6.92 Å². The zero-order valence-electron chi connectivity index (χ0n) is 16.1. The molecule has 0 saturated carbocycles. The predicted octanol–water partition coefficient (Wildman–Crippen LogP) is 6.35. The zero-order valence-corrected chi connectivity index (χ0v) is 16.1. The van der Waals surface area contributed by atoms with Crippen LogP contribution in [-0.2, 0) is 18.8 Å². The quantitative estimate of drug-likeness (QED) is 0.565. The number of hydrogen-bond donors (Lipinski definition) is 1. The van der Waals surface area contributed by atoms with Crippen LogP contribution in [0.1, 0.15) is 36.5 Å². The van der Waals surface area contributed by atoms with Crippen molar-refractivity contribution in [2.24, 2.45) is 0 Å². The number of rotatable bonds is 3. The number of carbonyl (C=O) groups excluding carboxylic acids is 1. The van der Waals surface area contributed by atoms with Crippen LogP contribution in [0.3, 0.4) is 0 Å². The van der Waals surface area contributed by atoms with Gasteiger partial charge in [-0.1, -0.05) is 24.3 Å². The number of amides is 2. The first-order chi connectivity index (χ1) is 13.9. The Morgan fingerprint density at radius 3 is 2.40 bits per heavy atom. The third-order valence-electron chi connectivity index (χ3n) is 5.33. The average molecular weight is 430 g/mol. The van der Waals surface area contributed by atoms with E-state index in [1.165, 1.54) is 35.2 Å². The SMILES string of the molecule is CC1(Cc2ccccc2C(F)(F)F)CCCN1C(=O)Nc1cccc(C(F)(F)F)c1. The van der Waals surface area contributed by atoms with E-state index in [-0.39, 0.29) is 17.7 Å². The van der Waals surface area contributed by atoms with Gasteiger partial charge in [-0.25, -0.2) is 4.79 Å². The van der Waals surface area contributed by atoms with Crippen LogP contribution >= 0.6 is 0 Å². The zero-order chi connectivity index (χ0) is 22.2. The van der Waals surface area contributed by atoms with Crippen molar-refractivity contribution in [1.29, 1.82) is 0 Å². The third-order valence-corrected chi connectivity index (χ3v) is 5.33. The van der Waals surface area contributed by atoms with Gasteiger partial charge < -0.3 is 10.2 Å². The number of nitrogens with zero attached hydrogens (tertiary/aromatic N) is 1. The molecule has 162 valence electrons. The monoisotopic (exact) mass is 430 g/mol. The summed E-state index contributed by atoms with van der Waals surface area (Å²) < 4.78 is 78.7. The second-order valence-electron chi connectivity index (χ2n) is 7.59. The minimum Gasteiger partial charge on any atom is -0.319 e. The molecule has 0 aliphatic carbocycles. The van der Waals surface area contributed by atoms with Crippen molar-refractivity contribution in [1.82, 2.24) is 4.90 Å². The molecule has 0 bridgehead atoms. The summed E-state index contributed by atoms with van der Waals surface area (Å²) >= 11 is 0. The van der Waals surface area contributed by atoms with Crippen molar-refractivity contribution in [2.75, 3.05) is 11.9 Å². The summed E-state index contributed by atoms with van der Waals surface area (Å²) in [7, 11) is 0. The summed E-state index contributed by atoms with van der Waals surface area (Å²) in [4.78, 5) is 14.2. The van der Waals surface area contributed by atoms with E-state index in [4.69, 9.17) is 0 Å². The maximum absolute atomic E-state index is 13.3. The molecule has 2 aromatic rings. The number of alkyl halides is 6. The topological polar surface area (TPSA) is 32.3 Å². The van der Waals surface area contributed by atoms with Crippen molar-refractivity contribution in [3.63, 3.8) is 0 Å². The smallest absolute Gasteiger partial charge is 0.319 e. The number of urea groups is 1. The lowest BCUT2D eigenvalue weighted by Crippen LogP contribution is -2.48. The first-order valence-electron chi connectivity index (χ1n) is 9.31. The molecule has 0 aromatic heterocycles. The van der Waals surface area contributed by atoms with Gasteiger partial charge in [0.1, 0.15) is 0 Å². The van der Waals surface area contributed by atoms with Crippen molar-refractivity contribution < 1.29 is 31.1 Å². The normalized spacial score (nSPS) is 19.8. The Kier molecular flexibility index (Phi) is 5.75. The molecule has 1 aliphatic heterocycles. The van der Waals surface area contributed by atoms with Crippen LogP contribution < -0.4 is 5.32 Å². The van der Waals surface area contributed by atoms with E-state index in [2.05, 4.69) is 5.32 Å². The fourth-order valence-electron chi connectivity index (χ4n) is 3.88. The van der Waals surface area contributed by atoms with Gasteiger partial charge in [0, 0.05) is 17.8 Å². The van der Waals surface area contributed by atoms with Crippen LogP contribution in [0.25, 0.3) is 0 Å². The van der Waals surface area contributed by atoms with Crippen molar-refractivity contribution in [2.45, 2.75) is 44.1 Å². The van der Waals surface area contributed by atoms with E-state index < -0.39 is 35.0 Å². The van der Waals surface area contributed by atoms with Crippen LogP contribution in [0.5, 0.6) is 0 Å². The molecular formula is C21H20F6N2O. The van der Waals surface area contributed by atoms with E-state index in [0.717, 1.165) is 18.2 Å². The summed E-state index contributed by atoms with van der Waals surface area (Å²) in [5, 5.41) is 2.45. The Labute approximate surface area is 169 Å². The van der Waals surface area contributed by atoms with Gasteiger partial charge in [0.2, 0.25) is 0 Å². The van der Waals surface area contributed by atoms with Crippen LogP contribution in [0.4, 0.5) is 36.8 Å². The molecule has 2 aromatic carbocycles. The van der Waals surface area contributed by atoms with Crippen LogP contribution in [0.2, 0.25) is 0 Å². The molecule has 2 amide bonds. The third kappa shape index (κ3) is 4.71. The first kappa shape index (κ1) is 22.0. The Bertz CT molecular complexity index is 924. The maximum Gasteiger partial charge on any atom is 0.416 e. The second kappa shape index (κ2) is 7.85. The molecule has 1 aliphatic rings. The molecule has 3 nitrogen and oxygen atoms in total. The number of carbonyl (C=O) groups is 1. The van der Waals surface area contributed by atoms with Gasteiger partial charge in [-0.3, -0.25) is 0 Å². The summed E-state index contributed by atoms with van der Waals surface area (Å²) in [6.07, 6.45) is -8.02. The molecule has 0 spiro atoms. The molecule has 1 atom stereocenters. The summed E-state index contributed by atoms with van der Waals surface area (Å²) in [5.41, 5.74) is -2.50. The Balaban J connectivity index is 1.81. The molecule has 30 heavy (non-hydrogen) atoms. The minimum atomic E-state index is -4.55. The minimum absolute atomic E-state index is 0.0152. The number of anilines is 1. The molecule has 1 saturated heterocycles. The second-order valence-corrected chi connectivity index (χ2v) is 7.59. The number of benzene rings is 2. The van der Waals surface area contributed by atoms with E-state index in [1.807, 2.05) is 0 Å². The van der Waals surface area contributed by atoms with E-state index in [0.29, 0.717) is 19.4 Å². The van der Waals surface area contributed by atoms with Gasteiger partial charge in [0.25, 0.3) is 0 Å². The molecule has 0 radical (unpaired) electrons. The lowest BCUT2D eigenvalue weighted by atomic mass is 9.88. The number of hydrogen-bond acceptors (Lipinski definition) is 1. The summed E-state index contributed by atoms with van der Waals surface area (Å²) in [6, 6.07) is 8.79. The molecule has 3 rings (SSSR count). The van der Waals surface area contributed by atoms with Gasteiger partial charge >= 0.3 is 18.4 Å². The molecule has 1 heterocycles. The fourth-order valence-corrected chi connectivity index (χ4v) is 3.88. The highest BCUT2D eigenvalue weighted by atomic mass is 19.4. The highest BCUT2D eigenvalue weighted by Gasteiger charge is 2.42. The predicted molar refractivity (Wildman–Crippen MR) is 100.0 cm³/mol. The average Bonchev–Trinajstić information content (AvgIpc) is 3.02. The van der Waals surface area contributed by atoms with Gasteiger partial charge in [-0.2, -0.15) is 26.3 Å². The van der Waals surface area contributed by atoms with Gasteiger partial charge in [0.15, 0.2) is 0 Å². The van der Waals surface area contributed by atoms with Crippen LogP contribution in [0.15, 0.2) is 48.5 Å². The highest BCUT2D eigenvalue weighted by molar-refractivity contribution is 5.90. The van der Waals surface area contributed by atoms with E-state index >= 15 is 0 Å². The summed E-state index contributed by atoms with van der Waals surface area (Å²) in [5.74, 6) is 0. The molecule has 1 N–H and O–H groups in total. The van der Waals surface area contributed by atoms with Crippen LogP contribution in [0, 0.1) is 0 Å². The van der Waals surface area contributed by atoms with Crippen LogP contribution in [-0.4, -0.2) is 23.0 Å². The Morgan fingerprint density at radius 2 is 1.73 bits per heavy atom. The number of nitrogens with one attached hydrogen (secondary N) is 1. The standard InChI is InChI=1S/C21H20F6N2O/c1-19(13-14-6-2-3-9-17(14)21(25,26)27)10-5-11-29(19)18(30)28-16-8-4-7-15(12-16)20(22,23)24/h2-4,6-9,12H,5,10-11,13H2,1H3,(H,28,30). The van der Waals surface area contributed by atoms with Crippen molar-refractivity contribution >= 4 is 11.7 Å². The fraction of sp³-hybridized carbons (Fsp3) is 0.381. The summed E-state index contributed by atoms with van der Waals surface area (Å²) in [6.45, 7) is 1.99. The maximum atomic E-state index is 13.3. The molecule has 1 unspecified atom stereocenters. The Hall–Kier alpha value is -2.71. The largest absolute Gasteiger partial charge is 0.416 e. The first-order valence-corrected chi connectivity index (χ1v) is 9.31. The Morgan fingerprint density at radius 1 is 1.03 bits per heavy atom. The van der Waals surface area contributed by atoms with Crippen molar-refractivity contribution in [3.8, 4) is 0 Å². The van der Waals surface area contributed by atoms with E-state index in [9.17, 15) is 31.1 Å². The lowest BCUT2D eigenvalue weighted by Gasteiger charge is -2.36. The van der Waals surface area contributed by atoms with Crippen molar-refractivity contribution in [3.05, 3.63) is 65.2 Å². The lowest BCUT2D eigenvalue weighted by molar-refractivity contribution is -0.138.